The van der Waals surface area contributed by atoms with Crippen molar-refractivity contribution in [2.45, 2.75) is 25.8 Å². The molecular weight excluding hydrogens is 245 g/mol. The summed E-state index contributed by atoms with van der Waals surface area (Å²) >= 11 is 0. The zero-order valence-corrected chi connectivity index (χ0v) is 10.9. The first-order chi connectivity index (χ1) is 9.10. The number of nitrogens with zero attached hydrogens (tertiary/aromatic N) is 1. The first-order valence-electron chi connectivity index (χ1n) is 6.62. The molecule has 4 nitrogen and oxygen atoms in total. The summed E-state index contributed by atoms with van der Waals surface area (Å²) in [6.07, 6.45) is 2.29. The fraction of sp³-hybridized carbons (Fsp3) is 0.500. The molecule has 0 spiro atoms. The number of carbonyl (C=O) groups excluding carboxylic acids is 1. The van der Waals surface area contributed by atoms with Crippen molar-refractivity contribution in [2.75, 3.05) is 18.0 Å². The number of piperidine rings is 1. The SMILES string of the molecule is NCc1ccc(N2CCC(CC(N)=O)CC2)cc1F. The minimum atomic E-state index is -0.251. The summed E-state index contributed by atoms with van der Waals surface area (Å²) in [7, 11) is 0. The molecule has 1 aromatic carbocycles. The van der Waals surface area contributed by atoms with Gasteiger partial charge in [-0.2, -0.15) is 0 Å². The molecule has 1 aromatic rings. The van der Waals surface area contributed by atoms with Crippen LogP contribution in [0.3, 0.4) is 0 Å². The number of benzene rings is 1. The van der Waals surface area contributed by atoms with Crippen LogP contribution in [-0.2, 0) is 11.3 Å². The average molecular weight is 265 g/mol. The van der Waals surface area contributed by atoms with Crippen LogP contribution in [-0.4, -0.2) is 19.0 Å². The lowest BCUT2D eigenvalue weighted by molar-refractivity contribution is -0.119. The minimum absolute atomic E-state index is 0.215. The van der Waals surface area contributed by atoms with E-state index in [-0.39, 0.29) is 18.3 Å². The molecule has 0 unspecified atom stereocenters. The van der Waals surface area contributed by atoms with Gasteiger partial charge in [0.25, 0.3) is 0 Å². The van der Waals surface area contributed by atoms with E-state index in [9.17, 15) is 9.18 Å². The monoisotopic (exact) mass is 265 g/mol. The summed E-state index contributed by atoms with van der Waals surface area (Å²) < 4.78 is 13.7. The van der Waals surface area contributed by atoms with Gasteiger partial charge >= 0.3 is 0 Å². The second kappa shape index (κ2) is 6.02. The van der Waals surface area contributed by atoms with E-state index in [1.54, 1.807) is 6.07 Å². The molecule has 0 aliphatic carbocycles. The van der Waals surface area contributed by atoms with Crippen LogP contribution in [0.4, 0.5) is 10.1 Å². The van der Waals surface area contributed by atoms with Crippen LogP contribution in [0.5, 0.6) is 0 Å². The van der Waals surface area contributed by atoms with Crippen LogP contribution in [0.1, 0.15) is 24.8 Å². The zero-order chi connectivity index (χ0) is 13.8. The summed E-state index contributed by atoms with van der Waals surface area (Å²) in [6.45, 7) is 1.88. The predicted molar refractivity (Wildman–Crippen MR) is 73.0 cm³/mol. The molecule has 2 rings (SSSR count). The van der Waals surface area contributed by atoms with Gasteiger partial charge in [-0.1, -0.05) is 6.07 Å². The van der Waals surface area contributed by atoms with Gasteiger partial charge in [0.1, 0.15) is 5.82 Å². The summed E-state index contributed by atoms with van der Waals surface area (Å²) in [5.74, 6) is -0.127. The second-order valence-electron chi connectivity index (χ2n) is 5.08. The Hall–Kier alpha value is -1.62. The molecule has 104 valence electrons. The largest absolute Gasteiger partial charge is 0.371 e. The topological polar surface area (TPSA) is 72.3 Å². The molecule has 0 aromatic heterocycles. The number of amides is 1. The maximum absolute atomic E-state index is 13.7. The van der Waals surface area contributed by atoms with E-state index < -0.39 is 0 Å². The van der Waals surface area contributed by atoms with Crippen molar-refractivity contribution in [2.24, 2.45) is 17.4 Å². The quantitative estimate of drug-likeness (QED) is 0.863. The lowest BCUT2D eigenvalue weighted by Crippen LogP contribution is -2.35. The molecule has 1 aliphatic heterocycles. The predicted octanol–water partition coefficient (Wildman–Crippen LogP) is 1.38. The van der Waals surface area contributed by atoms with Gasteiger partial charge in [-0.15, -0.1) is 0 Å². The molecule has 4 N–H and O–H groups in total. The number of nitrogens with two attached hydrogens (primary N) is 2. The van der Waals surface area contributed by atoms with Crippen molar-refractivity contribution in [3.63, 3.8) is 0 Å². The minimum Gasteiger partial charge on any atom is -0.371 e. The van der Waals surface area contributed by atoms with E-state index in [4.69, 9.17) is 11.5 Å². The van der Waals surface area contributed by atoms with E-state index in [1.165, 1.54) is 6.07 Å². The molecule has 19 heavy (non-hydrogen) atoms. The Labute approximate surface area is 112 Å². The van der Waals surface area contributed by atoms with Crippen LogP contribution in [0.2, 0.25) is 0 Å². The van der Waals surface area contributed by atoms with Gasteiger partial charge in [0, 0.05) is 37.3 Å². The van der Waals surface area contributed by atoms with Crippen molar-refractivity contribution < 1.29 is 9.18 Å². The standard InChI is InChI=1S/C14H20FN3O/c15-13-8-12(2-1-11(13)9-16)18-5-3-10(4-6-18)7-14(17)19/h1-2,8,10H,3-7,9,16H2,(H2,17,19). The van der Waals surface area contributed by atoms with Crippen LogP contribution >= 0.6 is 0 Å². The lowest BCUT2D eigenvalue weighted by atomic mass is 9.93. The Morgan fingerprint density at radius 1 is 1.37 bits per heavy atom. The Kier molecular flexibility index (Phi) is 4.37. The fourth-order valence-corrected chi connectivity index (χ4v) is 2.58. The Bertz CT molecular complexity index is 456. The third kappa shape index (κ3) is 3.44. The Balaban J connectivity index is 1.97. The highest BCUT2D eigenvalue weighted by Gasteiger charge is 2.21. The first kappa shape index (κ1) is 13.8. The highest BCUT2D eigenvalue weighted by atomic mass is 19.1. The maximum atomic E-state index is 13.7. The number of hydrogen-bond donors (Lipinski definition) is 2. The smallest absolute Gasteiger partial charge is 0.217 e. The van der Waals surface area contributed by atoms with Crippen molar-refractivity contribution in [3.8, 4) is 0 Å². The maximum Gasteiger partial charge on any atom is 0.217 e. The first-order valence-corrected chi connectivity index (χ1v) is 6.62. The van der Waals surface area contributed by atoms with Gasteiger partial charge in [0.05, 0.1) is 0 Å². The zero-order valence-electron chi connectivity index (χ0n) is 10.9. The highest BCUT2D eigenvalue weighted by molar-refractivity contribution is 5.74. The van der Waals surface area contributed by atoms with Crippen LogP contribution in [0, 0.1) is 11.7 Å². The molecule has 1 amide bonds. The van der Waals surface area contributed by atoms with Gasteiger partial charge in [-0.25, -0.2) is 4.39 Å². The second-order valence-corrected chi connectivity index (χ2v) is 5.08. The van der Waals surface area contributed by atoms with Crippen molar-refractivity contribution in [1.29, 1.82) is 0 Å². The van der Waals surface area contributed by atoms with Crippen LogP contribution in [0.15, 0.2) is 18.2 Å². The average Bonchev–Trinajstić information content (AvgIpc) is 2.39. The lowest BCUT2D eigenvalue weighted by Gasteiger charge is -2.33. The number of hydrogen-bond acceptors (Lipinski definition) is 3. The van der Waals surface area contributed by atoms with Crippen LogP contribution < -0.4 is 16.4 Å². The molecule has 1 fully saturated rings. The molecule has 0 radical (unpaired) electrons. The molecule has 1 aliphatic rings. The third-order valence-electron chi connectivity index (χ3n) is 3.73. The number of halogens is 1. The number of primary amides is 1. The van der Waals surface area contributed by atoms with E-state index in [0.29, 0.717) is 17.9 Å². The van der Waals surface area contributed by atoms with Crippen molar-refractivity contribution in [1.82, 2.24) is 0 Å². The van der Waals surface area contributed by atoms with E-state index in [2.05, 4.69) is 4.90 Å². The highest BCUT2D eigenvalue weighted by Crippen LogP contribution is 2.26. The molecular formula is C14H20FN3O. The molecule has 0 saturated carbocycles. The van der Waals surface area contributed by atoms with E-state index in [1.807, 2.05) is 6.07 Å². The van der Waals surface area contributed by atoms with Gasteiger partial charge in [0.15, 0.2) is 0 Å². The van der Waals surface area contributed by atoms with Gasteiger partial charge in [-0.3, -0.25) is 4.79 Å². The molecule has 1 heterocycles. The van der Waals surface area contributed by atoms with Gasteiger partial charge in [0.2, 0.25) is 5.91 Å². The summed E-state index contributed by atoms with van der Waals surface area (Å²) in [5.41, 5.74) is 12.1. The van der Waals surface area contributed by atoms with E-state index in [0.717, 1.165) is 31.6 Å². The van der Waals surface area contributed by atoms with E-state index >= 15 is 0 Å². The normalized spacial score (nSPS) is 16.6. The number of carbonyl (C=O) groups is 1. The summed E-state index contributed by atoms with van der Waals surface area (Å²) in [4.78, 5) is 13.0. The molecule has 5 heteroatoms. The third-order valence-corrected chi connectivity index (χ3v) is 3.73. The summed E-state index contributed by atoms with van der Waals surface area (Å²) in [5, 5.41) is 0. The van der Waals surface area contributed by atoms with Gasteiger partial charge in [-0.05, 0) is 30.9 Å². The number of rotatable bonds is 4. The van der Waals surface area contributed by atoms with Crippen molar-refractivity contribution in [3.05, 3.63) is 29.6 Å². The van der Waals surface area contributed by atoms with Gasteiger partial charge < -0.3 is 16.4 Å². The number of anilines is 1. The Morgan fingerprint density at radius 3 is 2.58 bits per heavy atom. The summed E-state index contributed by atoms with van der Waals surface area (Å²) in [6, 6.07) is 5.18. The molecule has 0 atom stereocenters. The fourth-order valence-electron chi connectivity index (χ4n) is 2.58. The van der Waals surface area contributed by atoms with Crippen LogP contribution in [0.25, 0.3) is 0 Å². The molecule has 1 saturated heterocycles. The Morgan fingerprint density at radius 2 is 2.05 bits per heavy atom. The molecule has 0 bridgehead atoms. The van der Waals surface area contributed by atoms with Crippen molar-refractivity contribution >= 4 is 11.6 Å².